The minimum atomic E-state index is -3.46. The minimum Gasteiger partial charge on any atom is -0.378 e. The molecule has 7 heteroatoms. The van der Waals surface area contributed by atoms with Gasteiger partial charge in [0.2, 0.25) is 10.0 Å². The second-order valence-electron chi connectivity index (χ2n) is 6.73. The van der Waals surface area contributed by atoms with Crippen LogP contribution < -0.4 is 5.32 Å². The van der Waals surface area contributed by atoms with Crippen molar-refractivity contribution in [3.8, 4) is 0 Å². The van der Waals surface area contributed by atoms with Crippen LogP contribution in [0.3, 0.4) is 0 Å². The zero-order valence-corrected chi connectivity index (χ0v) is 16.1. The van der Waals surface area contributed by atoms with Crippen molar-refractivity contribution in [2.75, 3.05) is 25.0 Å². The molecule has 2 aromatic carbocycles. The van der Waals surface area contributed by atoms with Gasteiger partial charge in [-0.2, -0.15) is 4.31 Å². The third-order valence-corrected chi connectivity index (χ3v) is 6.67. The van der Waals surface area contributed by atoms with Crippen molar-refractivity contribution in [3.05, 3.63) is 59.4 Å². The monoisotopic (exact) mass is 390 g/mol. The molecule has 144 valence electrons. The van der Waals surface area contributed by atoms with E-state index in [1.165, 1.54) is 10.4 Å². The van der Waals surface area contributed by atoms with Crippen molar-refractivity contribution >= 4 is 21.5 Å². The summed E-state index contributed by atoms with van der Waals surface area (Å²) >= 11 is 0. The highest BCUT2D eigenvalue weighted by molar-refractivity contribution is 7.89. The SMILES string of the molecule is Cc1ccc(C(=O)CNc2ccc(S(=O)(=O)N3CCCCC3)cc2)cc1F. The van der Waals surface area contributed by atoms with Gasteiger partial charge in [-0.3, -0.25) is 4.79 Å². The molecule has 3 rings (SSSR count). The van der Waals surface area contributed by atoms with E-state index in [4.69, 9.17) is 0 Å². The summed E-state index contributed by atoms with van der Waals surface area (Å²) in [5.41, 5.74) is 1.42. The van der Waals surface area contributed by atoms with Crippen LogP contribution in [0.2, 0.25) is 0 Å². The largest absolute Gasteiger partial charge is 0.378 e. The molecule has 0 aromatic heterocycles. The van der Waals surface area contributed by atoms with E-state index in [1.54, 1.807) is 43.3 Å². The molecule has 1 aliphatic rings. The minimum absolute atomic E-state index is 0.000717. The van der Waals surface area contributed by atoms with E-state index in [1.807, 2.05) is 0 Å². The molecule has 0 saturated carbocycles. The Morgan fingerprint density at radius 1 is 1.07 bits per heavy atom. The van der Waals surface area contributed by atoms with E-state index in [0.717, 1.165) is 19.3 Å². The van der Waals surface area contributed by atoms with Gasteiger partial charge >= 0.3 is 0 Å². The molecule has 0 spiro atoms. The quantitative estimate of drug-likeness (QED) is 0.766. The lowest BCUT2D eigenvalue weighted by atomic mass is 10.1. The Hall–Kier alpha value is -2.25. The van der Waals surface area contributed by atoms with E-state index in [9.17, 15) is 17.6 Å². The van der Waals surface area contributed by atoms with Gasteiger partial charge in [0.25, 0.3) is 0 Å². The van der Waals surface area contributed by atoms with Crippen LogP contribution >= 0.6 is 0 Å². The molecule has 0 aliphatic carbocycles. The Balaban J connectivity index is 1.63. The predicted octanol–water partition coefficient (Wildman–Crippen LogP) is 3.60. The first kappa shape index (κ1) is 19.5. The molecule has 27 heavy (non-hydrogen) atoms. The maximum absolute atomic E-state index is 13.6. The summed E-state index contributed by atoms with van der Waals surface area (Å²) < 4.78 is 40.4. The number of benzene rings is 2. The van der Waals surface area contributed by atoms with E-state index in [-0.39, 0.29) is 17.2 Å². The van der Waals surface area contributed by atoms with Gasteiger partial charge < -0.3 is 5.32 Å². The first-order valence-electron chi connectivity index (χ1n) is 9.01. The summed E-state index contributed by atoms with van der Waals surface area (Å²) in [5.74, 6) is -0.646. The normalized spacial score (nSPS) is 15.5. The molecule has 0 radical (unpaired) electrons. The van der Waals surface area contributed by atoms with Crippen LogP contribution in [0, 0.1) is 12.7 Å². The summed E-state index contributed by atoms with van der Waals surface area (Å²) in [6.45, 7) is 2.76. The van der Waals surface area contributed by atoms with Gasteiger partial charge in [0.05, 0.1) is 11.4 Å². The number of piperidine rings is 1. The molecule has 1 saturated heterocycles. The van der Waals surface area contributed by atoms with E-state index >= 15 is 0 Å². The maximum Gasteiger partial charge on any atom is 0.243 e. The van der Waals surface area contributed by atoms with Crippen LogP contribution in [-0.2, 0) is 10.0 Å². The molecule has 0 bridgehead atoms. The second-order valence-corrected chi connectivity index (χ2v) is 8.67. The first-order chi connectivity index (χ1) is 12.9. The third-order valence-electron chi connectivity index (χ3n) is 4.75. The van der Waals surface area contributed by atoms with Gasteiger partial charge in [0.15, 0.2) is 5.78 Å². The number of hydrogen-bond donors (Lipinski definition) is 1. The van der Waals surface area contributed by atoms with Crippen LogP contribution in [0.15, 0.2) is 47.4 Å². The number of nitrogens with one attached hydrogen (secondary N) is 1. The third kappa shape index (κ3) is 4.54. The summed E-state index contributed by atoms with van der Waals surface area (Å²) in [6, 6.07) is 10.8. The molecule has 0 amide bonds. The van der Waals surface area contributed by atoms with Gasteiger partial charge in [0.1, 0.15) is 5.82 Å². The first-order valence-corrected chi connectivity index (χ1v) is 10.5. The van der Waals surface area contributed by atoms with Crippen LogP contribution in [0.25, 0.3) is 0 Å². The van der Waals surface area contributed by atoms with Gasteiger partial charge in [-0.25, -0.2) is 12.8 Å². The number of aryl methyl sites for hydroxylation is 1. The van der Waals surface area contributed by atoms with Crippen molar-refractivity contribution in [2.24, 2.45) is 0 Å². The Morgan fingerprint density at radius 2 is 1.74 bits per heavy atom. The lowest BCUT2D eigenvalue weighted by molar-refractivity contribution is 0.101. The molecule has 0 unspecified atom stereocenters. The van der Waals surface area contributed by atoms with Gasteiger partial charge in [-0.1, -0.05) is 18.6 Å². The fraction of sp³-hybridized carbons (Fsp3) is 0.350. The van der Waals surface area contributed by atoms with Crippen LogP contribution in [0.1, 0.15) is 35.2 Å². The van der Waals surface area contributed by atoms with Crippen LogP contribution in [-0.4, -0.2) is 38.1 Å². The molecule has 0 atom stereocenters. The Morgan fingerprint density at radius 3 is 2.37 bits per heavy atom. The summed E-state index contributed by atoms with van der Waals surface area (Å²) in [7, 11) is -3.46. The number of halogens is 1. The average Bonchev–Trinajstić information content (AvgIpc) is 2.69. The molecule has 1 N–H and O–H groups in total. The van der Waals surface area contributed by atoms with Crippen molar-refractivity contribution in [2.45, 2.75) is 31.1 Å². The summed E-state index contributed by atoms with van der Waals surface area (Å²) in [4.78, 5) is 12.4. The number of rotatable bonds is 6. The zero-order chi connectivity index (χ0) is 19.4. The Labute approximate surface area is 159 Å². The highest BCUT2D eigenvalue weighted by atomic mass is 32.2. The van der Waals surface area contributed by atoms with Gasteiger partial charge in [-0.05, 0) is 55.7 Å². The Kier molecular flexibility index (Phi) is 5.92. The molecule has 1 heterocycles. The standard InChI is InChI=1S/C20H23FN2O3S/c1-15-5-6-16(13-19(15)21)20(24)14-22-17-7-9-18(10-8-17)27(25,26)23-11-3-2-4-12-23/h5-10,13,22H,2-4,11-12,14H2,1H3. The molecular formula is C20H23FN2O3S. The lowest BCUT2D eigenvalue weighted by Crippen LogP contribution is -2.35. The Bertz CT molecular complexity index is 921. The summed E-state index contributed by atoms with van der Waals surface area (Å²) in [6.07, 6.45) is 2.84. The fourth-order valence-electron chi connectivity index (χ4n) is 3.05. The highest BCUT2D eigenvalue weighted by Crippen LogP contribution is 2.22. The number of sulfonamides is 1. The number of carbonyl (C=O) groups is 1. The number of hydrogen-bond acceptors (Lipinski definition) is 4. The number of anilines is 1. The van der Waals surface area contributed by atoms with Crippen molar-refractivity contribution in [3.63, 3.8) is 0 Å². The smallest absolute Gasteiger partial charge is 0.243 e. The van der Waals surface area contributed by atoms with E-state index in [2.05, 4.69) is 5.32 Å². The number of carbonyl (C=O) groups excluding carboxylic acids is 1. The van der Waals surface area contributed by atoms with Gasteiger partial charge in [-0.15, -0.1) is 0 Å². The lowest BCUT2D eigenvalue weighted by Gasteiger charge is -2.25. The zero-order valence-electron chi connectivity index (χ0n) is 15.2. The van der Waals surface area contributed by atoms with Crippen LogP contribution in [0.4, 0.5) is 10.1 Å². The fourth-order valence-corrected chi connectivity index (χ4v) is 4.57. The summed E-state index contributed by atoms with van der Waals surface area (Å²) in [5, 5.41) is 2.95. The molecule has 1 aliphatic heterocycles. The van der Waals surface area contributed by atoms with Crippen molar-refractivity contribution in [1.82, 2.24) is 4.31 Å². The topological polar surface area (TPSA) is 66.5 Å². The maximum atomic E-state index is 13.6. The second kappa shape index (κ2) is 8.19. The number of nitrogens with zero attached hydrogens (tertiary/aromatic N) is 1. The van der Waals surface area contributed by atoms with Crippen molar-refractivity contribution in [1.29, 1.82) is 0 Å². The average molecular weight is 390 g/mol. The predicted molar refractivity (Wildman–Crippen MR) is 103 cm³/mol. The molecule has 1 fully saturated rings. The van der Waals surface area contributed by atoms with E-state index in [0.29, 0.717) is 29.9 Å². The van der Waals surface area contributed by atoms with Crippen molar-refractivity contribution < 1.29 is 17.6 Å². The molecule has 2 aromatic rings. The molecular weight excluding hydrogens is 367 g/mol. The van der Waals surface area contributed by atoms with E-state index < -0.39 is 15.8 Å². The highest BCUT2D eigenvalue weighted by Gasteiger charge is 2.25. The number of ketones is 1. The van der Waals surface area contributed by atoms with Crippen LogP contribution in [0.5, 0.6) is 0 Å². The number of Topliss-reactive ketones (excluding diaryl/α,β-unsaturated/α-hetero) is 1. The molecule has 5 nitrogen and oxygen atoms in total. The van der Waals surface area contributed by atoms with Gasteiger partial charge in [0, 0.05) is 24.3 Å².